The summed E-state index contributed by atoms with van der Waals surface area (Å²) >= 11 is 0. The lowest BCUT2D eigenvalue weighted by molar-refractivity contribution is -0.109. The van der Waals surface area contributed by atoms with Gasteiger partial charge in [0.25, 0.3) is 0 Å². The fourth-order valence-corrected chi connectivity index (χ4v) is 0.651. The number of hydrogen-bond donors (Lipinski definition) is 1. The van der Waals surface area contributed by atoms with E-state index in [-0.39, 0.29) is 5.78 Å². The average Bonchev–Trinajstić information content (AvgIpc) is 2.14. The number of ketones is 1. The third-order valence-electron chi connectivity index (χ3n) is 1.53. The topological polar surface area (TPSA) is 41.5 Å². The van der Waals surface area contributed by atoms with E-state index in [9.17, 15) is 4.79 Å². The molecule has 0 aliphatic carbocycles. The lowest BCUT2D eigenvalue weighted by atomic mass is 10.3. The lowest BCUT2D eigenvalue weighted by Gasteiger charge is -1.99. The van der Waals surface area contributed by atoms with E-state index in [0.29, 0.717) is 5.70 Å². The van der Waals surface area contributed by atoms with Crippen molar-refractivity contribution in [3.05, 3.63) is 11.8 Å². The summed E-state index contributed by atoms with van der Waals surface area (Å²) in [5, 5.41) is 4.05. The Labute approximate surface area is 85.3 Å². The molecule has 0 heterocycles. The van der Waals surface area contributed by atoms with Crippen LogP contribution in [-0.2, 0) is 4.79 Å². The van der Waals surface area contributed by atoms with Gasteiger partial charge in [0.15, 0.2) is 0 Å². The number of allylic oxidation sites excluding steroid dienone is 2. The Hall–Kier alpha value is -1.56. The normalized spacial score (nSPS) is 11.7. The minimum atomic E-state index is -0.207. The Balaban J connectivity index is 4.25. The first-order valence-corrected chi connectivity index (χ1v) is 4.54. The molecule has 0 saturated heterocycles. The van der Waals surface area contributed by atoms with E-state index in [0.717, 1.165) is 12.1 Å². The molecular weight excluding hydrogens is 176 g/mol. The van der Waals surface area contributed by atoms with Crippen LogP contribution in [0.5, 0.6) is 0 Å². The van der Waals surface area contributed by atoms with E-state index in [4.69, 9.17) is 0 Å². The maximum Gasteiger partial charge on any atom is 0.230 e. The highest BCUT2D eigenvalue weighted by atomic mass is 16.1. The Bertz CT molecular complexity index is 316. The van der Waals surface area contributed by atoms with Crippen molar-refractivity contribution < 1.29 is 4.79 Å². The van der Waals surface area contributed by atoms with Crippen molar-refractivity contribution in [2.45, 2.75) is 34.1 Å². The number of nitrogens with zero attached hydrogens (tertiary/aromatic N) is 1. The minimum absolute atomic E-state index is 0.207. The van der Waals surface area contributed by atoms with Gasteiger partial charge in [-0.25, -0.2) is 0 Å². The SMILES string of the molecule is CC#CC(=O)/C=C(\C)N/N=C(\C)CC. The van der Waals surface area contributed by atoms with E-state index in [1.807, 2.05) is 13.8 Å². The maximum absolute atomic E-state index is 11.0. The monoisotopic (exact) mass is 192 g/mol. The molecular formula is C11H16N2O. The van der Waals surface area contributed by atoms with Gasteiger partial charge in [-0.15, -0.1) is 0 Å². The quantitative estimate of drug-likeness (QED) is 0.243. The van der Waals surface area contributed by atoms with Crippen molar-refractivity contribution in [3.63, 3.8) is 0 Å². The summed E-state index contributed by atoms with van der Waals surface area (Å²) in [7, 11) is 0. The molecule has 0 aromatic rings. The highest BCUT2D eigenvalue weighted by Gasteiger charge is 1.92. The Kier molecular flexibility index (Phi) is 6.13. The van der Waals surface area contributed by atoms with Crippen LogP contribution in [0.1, 0.15) is 34.1 Å². The zero-order chi connectivity index (χ0) is 11.0. The molecule has 0 saturated carbocycles. The van der Waals surface area contributed by atoms with Gasteiger partial charge in [-0.05, 0) is 33.1 Å². The number of carbonyl (C=O) groups excluding carboxylic acids is 1. The third-order valence-corrected chi connectivity index (χ3v) is 1.53. The zero-order valence-corrected chi connectivity index (χ0v) is 9.14. The van der Waals surface area contributed by atoms with Gasteiger partial charge < -0.3 is 0 Å². The van der Waals surface area contributed by atoms with Gasteiger partial charge in [-0.3, -0.25) is 10.2 Å². The first kappa shape index (κ1) is 12.4. The van der Waals surface area contributed by atoms with Crippen LogP contribution >= 0.6 is 0 Å². The van der Waals surface area contributed by atoms with Gasteiger partial charge in [0.1, 0.15) is 0 Å². The predicted octanol–water partition coefficient (Wildman–Crippen LogP) is 1.86. The van der Waals surface area contributed by atoms with Crippen molar-refractivity contribution >= 4 is 11.5 Å². The van der Waals surface area contributed by atoms with Gasteiger partial charge in [0.2, 0.25) is 5.78 Å². The summed E-state index contributed by atoms with van der Waals surface area (Å²) in [4.78, 5) is 11.0. The molecule has 0 aliphatic rings. The first-order chi connectivity index (χ1) is 6.60. The second kappa shape index (κ2) is 6.90. The average molecular weight is 192 g/mol. The van der Waals surface area contributed by atoms with E-state index in [1.165, 1.54) is 6.08 Å². The Morgan fingerprint density at radius 3 is 2.64 bits per heavy atom. The van der Waals surface area contributed by atoms with Crippen LogP contribution in [0, 0.1) is 11.8 Å². The molecule has 0 rings (SSSR count). The molecule has 0 spiro atoms. The minimum Gasteiger partial charge on any atom is -0.283 e. The summed E-state index contributed by atoms with van der Waals surface area (Å²) < 4.78 is 0. The molecule has 76 valence electrons. The van der Waals surface area contributed by atoms with Crippen LogP contribution in [0.3, 0.4) is 0 Å². The van der Waals surface area contributed by atoms with Crippen LogP contribution in [0.25, 0.3) is 0 Å². The van der Waals surface area contributed by atoms with Crippen LogP contribution in [0.15, 0.2) is 16.9 Å². The lowest BCUT2D eigenvalue weighted by Crippen LogP contribution is -2.07. The van der Waals surface area contributed by atoms with Crippen LogP contribution in [0.4, 0.5) is 0 Å². The van der Waals surface area contributed by atoms with Crippen molar-refractivity contribution in [2.24, 2.45) is 5.10 Å². The number of nitrogens with one attached hydrogen (secondary N) is 1. The van der Waals surface area contributed by atoms with Crippen LogP contribution in [-0.4, -0.2) is 11.5 Å². The summed E-state index contributed by atoms with van der Waals surface area (Å²) in [6.07, 6.45) is 2.33. The molecule has 0 aromatic carbocycles. The summed E-state index contributed by atoms with van der Waals surface area (Å²) in [6.45, 7) is 7.36. The third kappa shape index (κ3) is 6.01. The van der Waals surface area contributed by atoms with E-state index < -0.39 is 0 Å². The predicted molar refractivity (Wildman–Crippen MR) is 58.7 cm³/mol. The van der Waals surface area contributed by atoms with Crippen molar-refractivity contribution in [3.8, 4) is 11.8 Å². The summed E-state index contributed by atoms with van der Waals surface area (Å²) in [5.41, 5.74) is 4.48. The number of hydrazone groups is 1. The first-order valence-electron chi connectivity index (χ1n) is 4.54. The van der Waals surface area contributed by atoms with Gasteiger partial charge in [0, 0.05) is 17.5 Å². The molecule has 1 N–H and O–H groups in total. The van der Waals surface area contributed by atoms with Gasteiger partial charge >= 0.3 is 0 Å². The number of rotatable bonds is 4. The molecule has 0 radical (unpaired) electrons. The molecule has 3 heteroatoms. The Morgan fingerprint density at radius 1 is 1.50 bits per heavy atom. The number of carbonyl (C=O) groups is 1. The molecule has 3 nitrogen and oxygen atoms in total. The number of hydrogen-bond acceptors (Lipinski definition) is 3. The summed E-state index contributed by atoms with van der Waals surface area (Å²) in [6, 6.07) is 0. The van der Waals surface area contributed by atoms with Crippen molar-refractivity contribution in [2.75, 3.05) is 0 Å². The molecule has 0 bridgehead atoms. The smallest absolute Gasteiger partial charge is 0.230 e. The summed E-state index contributed by atoms with van der Waals surface area (Å²) in [5.74, 6) is 4.76. The standard InChI is InChI=1S/C11H16N2O/c1-5-7-11(14)8-10(4)13-12-9(3)6-2/h8,13H,6H2,1-4H3/b10-8+,12-9+. The van der Waals surface area contributed by atoms with Crippen LogP contribution < -0.4 is 5.43 Å². The second-order valence-electron chi connectivity index (χ2n) is 2.88. The fraction of sp³-hybridized carbons (Fsp3) is 0.455. The molecule has 0 unspecified atom stereocenters. The Morgan fingerprint density at radius 2 is 2.14 bits per heavy atom. The maximum atomic E-state index is 11.0. The van der Waals surface area contributed by atoms with Gasteiger partial charge in [-0.2, -0.15) is 5.10 Å². The van der Waals surface area contributed by atoms with E-state index >= 15 is 0 Å². The van der Waals surface area contributed by atoms with Crippen LogP contribution in [0.2, 0.25) is 0 Å². The largest absolute Gasteiger partial charge is 0.283 e. The highest BCUT2D eigenvalue weighted by Crippen LogP contribution is 1.89. The molecule has 0 atom stereocenters. The molecule has 0 aromatic heterocycles. The van der Waals surface area contributed by atoms with Gasteiger partial charge in [-0.1, -0.05) is 12.8 Å². The van der Waals surface area contributed by atoms with Crippen molar-refractivity contribution in [1.82, 2.24) is 5.43 Å². The van der Waals surface area contributed by atoms with E-state index in [1.54, 1.807) is 13.8 Å². The fourth-order valence-electron chi connectivity index (χ4n) is 0.651. The molecule has 0 amide bonds. The van der Waals surface area contributed by atoms with Gasteiger partial charge in [0.05, 0.1) is 0 Å². The molecule has 0 fully saturated rings. The molecule has 0 aliphatic heterocycles. The van der Waals surface area contributed by atoms with E-state index in [2.05, 4.69) is 22.4 Å². The highest BCUT2D eigenvalue weighted by molar-refractivity contribution is 6.04. The van der Waals surface area contributed by atoms with Crippen molar-refractivity contribution in [1.29, 1.82) is 0 Å². The zero-order valence-electron chi connectivity index (χ0n) is 9.14. The second-order valence-corrected chi connectivity index (χ2v) is 2.88. The molecule has 14 heavy (non-hydrogen) atoms.